The third kappa shape index (κ3) is 9.59. The number of rotatable bonds is 8. The van der Waals surface area contributed by atoms with Gasteiger partial charge in [-0.25, -0.2) is 0 Å². The molecule has 18 heavy (non-hydrogen) atoms. The van der Waals surface area contributed by atoms with E-state index in [0.717, 1.165) is 0 Å². The van der Waals surface area contributed by atoms with Crippen LogP contribution in [0.5, 0.6) is 0 Å². The maximum Gasteiger partial charge on any atom is 0.309 e. The molecular weight excluding hydrogens is 236 g/mol. The highest BCUT2D eigenvalue weighted by Gasteiger charge is 2.10. The fourth-order valence-corrected chi connectivity index (χ4v) is 0.972. The summed E-state index contributed by atoms with van der Waals surface area (Å²) in [5, 5.41) is 9.41. The summed E-state index contributed by atoms with van der Waals surface area (Å²) in [5.74, 6) is -0.847. The molecular formula is C13H20O5. The zero-order valence-corrected chi connectivity index (χ0v) is 10.8. The van der Waals surface area contributed by atoms with Crippen LogP contribution in [0.2, 0.25) is 0 Å². The van der Waals surface area contributed by atoms with Crippen LogP contribution in [0.15, 0.2) is 24.3 Å². The fraction of sp³-hybridized carbons (Fsp3) is 0.538. The lowest BCUT2D eigenvalue weighted by Crippen LogP contribution is -2.25. The standard InChI is InChI=1S/C13H20O5/c1-3-5-7-12(15)17-9-11(14)10-18-13(16)8-6-4-2/h3-6,11,14H,7-10H2,1-2H3. The lowest BCUT2D eigenvalue weighted by molar-refractivity contribution is -0.151. The summed E-state index contributed by atoms with van der Waals surface area (Å²) in [6.45, 7) is 3.25. The Morgan fingerprint density at radius 1 is 1.00 bits per heavy atom. The average molecular weight is 256 g/mol. The van der Waals surface area contributed by atoms with E-state index < -0.39 is 18.0 Å². The molecule has 0 saturated carbocycles. The molecule has 0 fully saturated rings. The van der Waals surface area contributed by atoms with Gasteiger partial charge in [-0.1, -0.05) is 24.3 Å². The fourth-order valence-electron chi connectivity index (χ4n) is 0.972. The van der Waals surface area contributed by atoms with E-state index in [-0.39, 0.29) is 26.1 Å². The zero-order chi connectivity index (χ0) is 13.8. The first kappa shape index (κ1) is 16.4. The Labute approximate surface area is 107 Å². The second kappa shape index (κ2) is 10.5. The molecule has 0 aromatic heterocycles. The van der Waals surface area contributed by atoms with Gasteiger partial charge in [0.05, 0.1) is 12.8 Å². The van der Waals surface area contributed by atoms with Gasteiger partial charge in [0.25, 0.3) is 0 Å². The van der Waals surface area contributed by atoms with Gasteiger partial charge in [0.15, 0.2) is 0 Å². The maximum atomic E-state index is 11.1. The smallest absolute Gasteiger partial charge is 0.309 e. The van der Waals surface area contributed by atoms with Crippen molar-refractivity contribution in [2.24, 2.45) is 0 Å². The third-order valence-corrected chi connectivity index (χ3v) is 1.91. The van der Waals surface area contributed by atoms with Gasteiger partial charge in [-0.15, -0.1) is 0 Å². The normalized spacial score (nSPS) is 12.8. The van der Waals surface area contributed by atoms with E-state index >= 15 is 0 Å². The molecule has 0 aromatic rings. The van der Waals surface area contributed by atoms with Crippen LogP contribution in [-0.4, -0.2) is 36.4 Å². The Morgan fingerprint density at radius 3 is 1.72 bits per heavy atom. The molecule has 0 aliphatic carbocycles. The highest BCUT2D eigenvalue weighted by Crippen LogP contribution is 1.95. The van der Waals surface area contributed by atoms with E-state index in [4.69, 9.17) is 9.47 Å². The molecule has 0 radical (unpaired) electrons. The van der Waals surface area contributed by atoms with Crippen LogP contribution in [0.3, 0.4) is 0 Å². The van der Waals surface area contributed by atoms with Gasteiger partial charge in [0, 0.05) is 0 Å². The van der Waals surface area contributed by atoms with Crippen LogP contribution >= 0.6 is 0 Å². The van der Waals surface area contributed by atoms with Gasteiger partial charge in [0.1, 0.15) is 19.3 Å². The van der Waals surface area contributed by atoms with Gasteiger partial charge < -0.3 is 14.6 Å². The van der Waals surface area contributed by atoms with Crippen molar-refractivity contribution < 1.29 is 24.2 Å². The van der Waals surface area contributed by atoms with Crippen LogP contribution in [0, 0.1) is 0 Å². The summed E-state index contributed by atoms with van der Waals surface area (Å²) in [5.41, 5.74) is 0. The number of aliphatic hydroxyl groups is 1. The number of carbonyl (C=O) groups excluding carboxylic acids is 2. The number of hydrogen-bond donors (Lipinski definition) is 1. The molecule has 1 N–H and O–H groups in total. The molecule has 5 heteroatoms. The summed E-state index contributed by atoms with van der Waals surface area (Å²) in [6.07, 6.45) is 6.14. The maximum absolute atomic E-state index is 11.1. The molecule has 0 atom stereocenters. The number of carbonyl (C=O) groups is 2. The van der Waals surface area contributed by atoms with Crippen LogP contribution in [0.25, 0.3) is 0 Å². The largest absolute Gasteiger partial charge is 0.463 e. The lowest BCUT2D eigenvalue weighted by atomic mass is 10.3. The van der Waals surface area contributed by atoms with Gasteiger partial charge in [-0.3, -0.25) is 9.59 Å². The van der Waals surface area contributed by atoms with E-state index in [1.807, 2.05) is 0 Å². The average Bonchev–Trinajstić information content (AvgIpc) is 2.37. The van der Waals surface area contributed by atoms with E-state index in [1.165, 1.54) is 0 Å². The SMILES string of the molecule is CC=CCC(=O)OCC(O)COC(=O)CC=CC. The molecule has 0 aliphatic rings. The van der Waals surface area contributed by atoms with E-state index in [2.05, 4.69) is 0 Å². The Bertz CT molecular complexity index is 277. The molecule has 0 rings (SSSR count). The number of allylic oxidation sites excluding steroid dienone is 2. The van der Waals surface area contributed by atoms with Crippen LogP contribution in [-0.2, 0) is 19.1 Å². The predicted octanol–water partition coefficient (Wildman–Crippen LogP) is 1.37. The Hall–Kier alpha value is -1.62. The molecule has 0 aliphatic heterocycles. The van der Waals surface area contributed by atoms with Crippen molar-refractivity contribution >= 4 is 11.9 Å². The Balaban J connectivity index is 3.67. The monoisotopic (exact) mass is 256 g/mol. The number of esters is 2. The Morgan fingerprint density at radius 2 is 1.39 bits per heavy atom. The van der Waals surface area contributed by atoms with Crippen LogP contribution in [0.1, 0.15) is 26.7 Å². The molecule has 0 unspecified atom stereocenters. The predicted molar refractivity (Wildman–Crippen MR) is 66.8 cm³/mol. The highest BCUT2D eigenvalue weighted by molar-refractivity contribution is 5.71. The topological polar surface area (TPSA) is 72.8 Å². The minimum absolute atomic E-state index is 0.171. The highest BCUT2D eigenvalue weighted by atomic mass is 16.6. The van der Waals surface area contributed by atoms with Crippen molar-refractivity contribution in [3.05, 3.63) is 24.3 Å². The van der Waals surface area contributed by atoms with Crippen molar-refractivity contribution in [3.63, 3.8) is 0 Å². The third-order valence-electron chi connectivity index (χ3n) is 1.91. The Kier molecular flexibility index (Phi) is 9.58. The van der Waals surface area contributed by atoms with Crippen LogP contribution in [0.4, 0.5) is 0 Å². The zero-order valence-electron chi connectivity index (χ0n) is 10.8. The number of ether oxygens (including phenoxy) is 2. The molecule has 0 saturated heterocycles. The van der Waals surface area contributed by atoms with Crippen LogP contribution < -0.4 is 0 Å². The molecule has 0 heterocycles. The molecule has 102 valence electrons. The first-order valence-corrected chi connectivity index (χ1v) is 5.81. The minimum atomic E-state index is -0.992. The summed E-state index contributed by atoms with van der Waals surface area (Å²) in [4.78, 5) is 22.2. The van der Waals surface area contributed by atoms with E-state index in [1.54, 1.807) is 38.2 Å². The van der Waals surface area contributed by atoms with Gasteiger partial charge in [-0.2, -0.15) is 0 Å². The molecule has 0 spiro atoms. The van der Waals surface area contributed by atoms with E-state index in [0.29, 0.717) is 0 Å². The van der Waals surface area contributed by atoms with Gasteiger partial charge in [-0.05, 0) is 13.8 Å². The van der Waals surface area contributed by atoms with Gasteiger partial charge in [0.2, 0.25) is 0 Å². The molecule has 0 aromatic carbocycles. The number of aliphatic hydroxyl groups excluding tert-OH is 1. The lowest BCUT2D eigenvalue weighted by Gasteiger charge is -2.11. The second-order valence-corrected chi connectivity index (χ2v) is 3.57. The minimum Gasteiger partial charge on any atom is -0.463 e. The van der Waals surface area contributed by atoms with E-state index in [9.17, 15) is 14.7 Å². The first-order valence-electron chi connectivity index (χ1n) is 5.81. The van der Waals surface area contributed by atoms with Crippen molar-refractivity contribution in [1.82, 2.24) is 0 Å². The summed E-state index contributed by atoms with van der Waals surface area (Å²) in [6, 6.07) is 0. The second-order valence-electron chi connectivity index (χ2n) is 3.57. The quantitative estimate of drug-likeness (QED) is 0.524. The summed E-state index contributed by atoms with van der Waals surface area (Å²) in [7, 11) is 0. The van der Waals surface area contributed by atoms with Crippen molar-refractivity contribution in [2.75, 3.05) is 13.2 Å². The molecule has 0 bridgehead atoms. The number of hydrogen-bond acceptors (Lipinski definition) is 5. The van der Waals surface area contributed by atoms with Crippen molar-refractivity contribution in [2.45, 2.75) is 32.8 Å². The first-order chi connectivity index (χ1) is 8.60. The molecule has 5 nitrogen and oxygen atoms in total. The van der Waals surface area contributed by atoms with Gasteiger partial charge >= 0.3 is 11.9 Å². The summed E-state index contributed by atoms with van der Waals surface area (Å²) >= 11 is 0. The summed E-state index contributed by atoms with van der Waals surface area (Å²) < 4.78 is 9.55. The molecule has 0 amide bonds. The van der Waals surface area contributed by atoms with Crippen molar-refractivity contribution in [3.8, 4) is 0 Å². The van der Waals surface area contributed by atoms with Crippen molar-refractivity contribution in [1.29, 1.82) is 0 Å².